The fourth-order valence-electron chi connectivity index (χ4n) is 1.89. The number of Topliss-reactive ketones (excluding diaryl/α,β-unsaturated/α-hetero) is 1. The first-order valence-corrected chi connectivity index (χ1v) is 4.60. The lowest BCUT2D eigenvalue weighted by atomic mass is 9.66. The van der Waals surface area contributed by atoms with Gasteiger partial charge < -0.3 is 0 Å². The molecule has 11 heavy (non-hydrogen) atoms. The van der Waals surface area contributed by atoms with E-state index in [2.05, 4.69) is 20.8 Å². The van der Waals surface area contributed by atoms with Gasteiger partial charge in [0, 0.05) is 12.8 Å². The van der Waals surface area contributed by atoms with Crippen LogP contribution in [-0.4, -0.2) is 5.78 Å². The van der Waals surface area contributed by atoms with Crippen LogP contribution in [0.4, 0.5) is 0 Å². The second kappa shape index (κ2) is 2.96. The molecule has 1 heteroatoms. The summed E-state index contributed by atoms with van der Waals surface area (Å²) in [5.74, 6) is 1.05. The Morgan fingerprint density at radius 1 is 1.64 bits per heavy atom. The van der Waals surface area contributed by atoms with Crippen LogP contribution >= 0.6 is 0 Å². The van der Waals surface area contributed by atoms with Gasteiger partial charge in [-0.1, -0.05) is 27.2 Å². The van der Waals surface area contributed by atoms with Crippen LogP contribution in [-0.2, 0) is 4.79 Å². The van der Waals surface area contributed by atoms with Crippen LogP contribution in [0.2, 0.25) is 0 Å². The van der Waals surface area contributed by atoms with Crippen molar-refractivity contribution in [2.75, 3.05) is 0 Å². The smallest absolute Gasteiger partial charge is 0.133 e. The monoisotopic (exact) mass is 154 g/mol. The fourth-order valence-corrected chi connectivity index (χ4v) is 1.89. The normalized spacial score (nSPS) is 39.2. The Hall–Kier alpha value is -0.330. The highest BCUT2D eigenvalue weighted by molar-refractivity contribution is 5.79. The molecule has 1 rings (SSSR count). The van der Waals surface area contributed by atoms with Crippen molar-refractivity contribution in [3.8, 4) is 0 Å². The molecular weight excluding hydrogens is 136 g/mol. The second-order valence-corrected chi connectivity index (χ2v) is 4.15. The average molecular weight is 154 g/mol. The molecule has 0 aromatic carbocycles. The Morgan fingerprint density at radius 2 is 2.27 bits per heavy atom. The summed E-state index contributed by atoms with van der Waals surface area (Å²) in [5, 5.41) is 0. The maximum atomic E-state index is 11.1. The van der Waals surface area contributed by atoms with Crippen molar-refractivity contribution in [3.63, 3.8) is 0 Å². The van der Waals surface area contributed by atoms with Gasteiger partial charge in [-0.25, -0.2) is 0 Å². The predicted molar refractivity (Wildman–Crippen MR) is 46.4 cm³/mol. The largest absolute Gasteiger partial charge is 0.300 e. The minimum atomic E-state index is 0.438. The molecule has 0 amide bonds. The summed E-state index contributed by atoms with van der Waals surface area (Å²) in [7, 11) is 0. The number of carbonyl (C=O) groups excluding carboxylic acids is 1. The molecule has 0 radical (unpaired) electrons. The van der Waals surface area contributed by atoms with Crippen LogP contribution in [0.15, 0.2) is 0 Å². The summed E-state index contributed by atoms with van der Waals surface area (Å²) in [5.41, 5.74) is 0.438. The zero-order valence-electron chi connectivity index (χ0n) is 7.81. The number of rotatable bonds is 1. The third-order valence-corrected chi connectivity index (χ3v) is 3.51. The molecule has 0 aromatic rings. The molecule has 2 unspecified atom stereocenters. The van der Waals surface area contributed by atoms with E-state index >= 15 is 0 Å². The summed E-state index contributed by atoms with van der Waals surface area (Å²) in [4.78, 5) is 11.1. The standard InChI is InChI=1S/C10H18O/c1-4-10(3)6-5-9(11)7-8(10)2/h8H,4-7H2,1-3H3. The van der Waals surface area contributed by atoms with Crippen LogP contribution in [0.25, 0.3) is 0 Å². The van der Waals surface area contributed by atoms with Gasteiger partial charge in [-0.2, -0.15) is 0 Å². The fraction of sp³-hybridized carbons (Fsp3) is 0.900. The van der Waals surface area contributed by atoms with Crippen molar-refractivity contribution in [3.05, 3.63) is 0 Å². The highest BCUT2D eigenvalue weighted by Crippen LogP contribution is 2.41. The van der Waals surface area contributed by atoms with E-state index in [9.17, 15) is 4.79 Å². The Labute approximate surface area is 69.2 Å². The second-order valence-electron chi connectivity index (χ2n) is 4.15. The molecule has 0 N–H and O–H groups in total. The average Bonchev–Trinajstić information content (AvgIpc) is 1.98. The molecule has 0 bridgehead atoms. The molecule has 1 fully saturated rings. The van der Waals surface area contributed by atoms with Gasteiger partial charge in [0.2, 0.25) is 0 Å². The van der Waals surface area contributed by atoms with Crippen molar-refractivity contribution >= 4 is 5.78 Å². The van der Waals surface area contributed by atoms with Gasteiger partial charge in [0.15, 0.2) is 0 Å². The van der Waals surface area contributed by atoms with Crippen molar-refractivity contribution in [2.45, 2.75) is 46.5 Å². The first-order valence-electron chi connectivity index (χ1n) is 4.60. The summed E-state index contributed by atoms with van der Waals surface area (Å²) < 4.78 is 0. The van der Waals surface area contributed by atoms with Gasteiger partial charge in [0.1, 0.15) is 5.78 Å². The molecule has 64 valence electrons. The van der Waals surface area contributed by atoms with Crippen molar-refractivity contribution in [2.24, 2.45) is 11.3 Å². The van der Waals surface area contributed by atoms with Crippen LogP contribution in [0.1, 0.15) is 46.5 Å². The molecule has 1 nitrogen and oxygen atoms in total. The Morgan fingerprint density at radius 3 is 2.73 bits per heavy atom. The van der Waals surface area contributed by atoms with E-state index in [1.54, 1.807) is 0 Å². The third-order valence-electron chi connectivity index (χ3n) is 3.51. The summed E-state index contributed by atoms with van der Waals surface area (Å²) in [6.45, 7) is 6.75. The highest BCUT2D eigenvalue weighted by Gasteiger charge is 2.34. The van der Waals surface area contributed by atoms with Crippen LogP contribution < -0.4 is 0 Å². The quantitative estimate of drug-likeness (QED) is 0.567. The number of hydrogen-bond acceptors (Lipinski definition) is 1. The molecule has 0 spiro atoms. The molecule has 1 aliphatic carbocycles. The lowest BCUT2D eigenvalue weighted by molar-refractivity contribution is -0.124. The van der Waals surface area contributed by atoms with Crippen LogP contribution in [0.5, 0.6) is 0 Å². The van der Waals surface area contributed by atoms with E-state index in [0.29, 0.717) is 17.1 Å². The summed E-state index contributed by atoms with van der Waals surface area (Å²) >= 11 is 0. The number of carbonyl (C=O) groups is 1. The maximum absolute atomic E-state index is 11.1. The van der Waals surface area contributed by atoms with Crippen molar-refractivity contribution < 1.29 is 4.79 Å². The minimum Gasteiger partial charge on any atom is -0.300 e. The predicted octanol–water partition coefficient (Wildman–Crippen LogP) is 2.79. The van der Waals surface area contributed by atoms with Gasteiger partial charge in [-0.15, -0.1) is 0 Å². The molecule has 1 saturated carbocycles. The molecule has 0 aliphatic heterocycles. The minimum absolute atomic E-state index is 0.438. The van der Waals surface area contributed by atoms with Crippen LogP contribution in [0, 0.1) is 11.3 Å². The zero-order chi connectivity index (χ0) is 8.48. The lowest BCUT2D eigenvalue weighted by Gasteiger charge is -2.38. The van der Waals surface area contributed by atoms with Crippen molar-refractivity contribution in [1.29, 1.82) is 0 Å². The van der Waals surface area contributed by atoms with E-state index in [0.717, 1.165) is 19.3 Å². The zero-order valence-corrected chi connectivity index (χ0v) is 7.81. The van der Waals surface area contributed by atoms with Gasteiger partial charge in [0.25, 0.3) is 0 Å². The number of ketones is 1. The lowest BCUT2D eigenvalue weighted by Crippen LogP contribution is -2.32. The molecule has 1 aliphatic rings. The van der Waals surface area contributed by atoms with Gasteiger partial charge in [0.05, 0.1) is 0 Å². The Bertz CT molecular complexity index is 162. The van der Waals surface area contributed by atoms with Gasteiger partial charge in [-0.05, 0) is 17.8 Å². The summed E-state index contributed by atoms with van der Waals surface area (Å²) in [6.07, 6.45) is 3.93. The number of hydrogen-bond donors (Lipinski definition) is 0. The Kier molecular flexibility index (Phi) is 2.36. The summed E-state index contributed by atoms with van der Waals surface area (Å²) in [6, 6.07) is 0. The highest BCUT2D eigenvalue weighted by atomic mass is 16.1. The molecule has 0 aromatic heterocycles. The van der Waals surface area contributed by atoms with Gasteiger partial charge >= 0.3 is 0 Å². The SMILES string of the molecule is CCC1(C)CCC(=O)CC1C. The molecule has 0 saturated heterocycles. The topological polar surface area (TPSA) is 17.1 Å². The molecule has 2 atom stereocenters. The van der Waals surface area contributed by atoms with Crippen LogP contribution in [0.3, 0.4) is 0 Å². The van der Waals surface area contributed by atoms with Gasteiger partial charge in [-0.3, -0.25) is 4.79 Å². The maximum Gasteiger partial charge on any atom is 0.133 e. The first kappa shape index (κ1) is 8.76. The van der Waals surface area contributed by atoms with E-state index in [-0.39, 0.29) is 0 Å². The van der Waals surface area contributed by atoms with Crippen molar-refractivity contribution in [1.82, 2.24) is 0 Å². The third kappa shape index (κ3) is 1.63. The van der Waals surface area contributed by atoms with E-state index < -0.39 is 0 Å². The molecular formula is C10H18O. The van der Waals surface area contributed by atoms with E-state index in [4.69, 9.17) is 0 Å². The van der Waals surface area contributed by atoms with E-state index in [1.807, 2.05) is 0 Å². The first-order chi connectivity index (χ1) is 5.08. The van der Waals surface area contributed by atoms with E-state index in [1.165, 1.54) is 6.42 Å². The Balaban J connectivity index is 2.63. The molecule has 0 heterocycles.